The highest BCUT2D eigenvalue weighted by molar-refractivity contribution is 5.96. The Morgan fingerprint density at radius 2 is 1.11 bits per heavy atom. The molecule has 0 atom stereocenters. The predicted molar refractivity (Wildman–Crippen MR) is 128 cm³/mol. The van der Waals surface area contributed by atoms with E-state index in [9.17, 15) is 9.59 Å². The molecule has 0 spiro atoms. The lowest BCUT2D eigenvalue weighted by molar-refractivity contribution is 0.0902. The van der Waals surface area contributed by atoms with Crippen LogP contribution in [0.5, 0.6) is 23.0 Å². The Morgan fingerprint density at radius 1 is 0.686 bits per heavy atom. The van der Waals surface area contributed by atoms with E-state index in [0.717, 1.165) is 0 Å². The van der Waals surface area contributed by atoms with Crippen LogP contribution in [0.1, 0.15) is 32.2 Å². The summed E-state index contributed by atoms with van der Waals surface area (Å²) in [5.41, 5.74) is 5.85. The van der Waals surface area contributed by atoms with Crippen LogP contribution in [-0.4, -0.2) is 52.7 Å². The molecule has 3 aromatic rings. The van der Waals surface area contributed by atoms with E-state index in [2.05, 4.69) is 21.1 Å². The van der Waals surface area contributed by atoms with E-state index in [1.165, 1.54) is 53.0 Å². The number of hydrazone groups is 2. The molecule has 0 saturated carbocycles. The highest BCUT2D eigenvalue weighted by Crippen LogP contribution is 2.23. The molecule has 0 aliphatic carbocycles. The summed E-state index contributed by atoms with van der Waals surface area (Å²) in [4.78, 5) is 24.6. The highest BCUT2D eigenvalue weighted by atomic mass is 16.5. The lowest BCUT2D eigenvalue weighted by Gasteiger charge is -2.06. The molecule has 11 nitrogen and oxygen atoms in total. The van der Waals surface area contributed by atoms with Gasteiger partial charge in [0, 0.05) is 11.1 Å². The largest absolute Gasteiger partial charge is 0.497 e. The van der Waals surface area contributed by atoms with Crippen molar-refractivity contribution in [1.29, 1.82) is 0 Å². The Morgan fingerprint density at radius 3 is 1.49 bits per heavy atom. The first-order valence-electron chi connectivity index (χ1n) is 10.2. The van der Waals surface area contributed by atoms with Crippen molar-refractivity contribution in [1.82, 2.24) is 10.9 Å². The number of hydrogen-bond donors (Lipinski definition) is 2. The van der Waals surface area contributed by atoms with Gasteiger partial charge in [0.2, 0.25) is 0 Å². The van der Waals surface area contributed by atoms with Crippen LogP contribution in [0.15, 0.2) is 63.2 Å². The predicted octanol–water partition coefficient (Wildman–Crippen LogP) is 2.84. The number of methoxy groups -OCH3 is 4. The standard InChI is InChI=1S/C24H24N4O7/c1-31-17-5-7-19(33-3)15(11-17)13-25-27-23(29)21-9-10-22(35-21)24(30)28-26-14-16-12-18(32-2)6-8-20(16)34-4/h5-14H,1-4H3,(H,27,29)(H,28,30). The Bertz CT molecular complexity index is 1160. The molecular weight excluding hydrogens is 456 g/mol. The second-order valence-electron chi connectivity index (χ2n) is 6.78. The first kappa shape index (κ1) is 24.8. The number of nitrogens with zero attached hydrogens (tertiary/aromatic N) is 2. The van der Waals surface area contributed by atoms with Gasteiger partial charge >= 0.3 is 11.8 Å². The van der Waals surface area contributed by atoms with E-state index >= 15 is 0 Å². The summed E-state index contributed by atoms with van der Waals surface area (Å²) in [6.45, 7) is 0. The first-order chi connectivity index (χ1) is 17.0. The maximum absolute atomic E-state index is 12.3. The number of carbonyl (C=O) groups excluding carboxylic acids is 2. The molecule has 0 bridgehead atoms. The van der Waals surface area contributed by atoms with Gasteiger partial charge in [-0.05, 0) is 48.5 Å². The van der Waals surface area contributed by atoms with E-state index in [-0.39, 0.29) is 11.5 Å². The van der Waals surface area contributed by atoms with E-state index in [4.69, 9.17) is 23.4 Å². The molecule has 1 heterocycles. The maximum Gasteiger partial charge on any atom is 0.307 e. The normalized spacial score (nSPS) is 10.9. The molecule has 0 radical (unpaired) electrons. The SMILES string of the molecule is COc1ccc(OC)c(C=NNC(=O)c2ccc(C(=O)NN=Cc3cc(OC)ccc3OC)o2)c1. The minimum atomic E-state index is -0.646. The van der Waals surface area contributed by atoms with Crippen LogP contribution >= 0.6 is 0 Å². The van der Waals surface area contributed by atoms with Gasteiger partial charge in [0.1, 0.15) is 23.0 Å². The van der Waals surface area contributed by atoms with Crippen molar-refractivity contribution in [3.63, 3.8) is 0 Å². The van der Waals surface area contributed by atoms with Crippen molar-refractivity contribution < 1.29 is 33.0 Å². The fourth-order valence-electron chi connectivity index (χ4n) is 2.89. The second kappa shape index (κ2) is 11.9. The molecule has 0 unspecified atom stereocenters. The Hall–Kier alpha value is -4.80. The molecule has 11 heteroatoms. The van der Waals surface area contributed by atoms with Crippen molar-refractivity contribution in [2.24, 2.45) is 10.2 Å². The number of amides is 2. The minimum absolute atomic E-state index is 0.108. The molecule has 182 valence electrons. The molecule has 35 heavy (non-hydrogen) atoms. The average Bonchev–Trinajstić information content (AvgIpc) is 3.39. The summed E-state index contributed by atoms with van der Waals surface area (Å²) >= 11 is 0. The smallest absolute Gasteiger partial charge is 0.307 e. The van der Waals surface area contributed by atoms with Gasteiger partial charge in [0.25, 0.3) is 0 Å². The van der Waals surface area contributed by atoms with Gasteiger partial charge in [-0.25, -0.2) is 10.9 Å². The highest BCUT2D eigenvalue weighted by Gasteiger charge is 2.15. The zero-order valence-electron chi connectivity index (χ0n) is 19.5. The maximum atomic E-state index is 12.3. The number of nitrogens with one attached hydrogen (secondary N) is 2. The molecule has 3 rings (SSSR count). The summed E-state index contributed by atoms with van der Waals surface area (Å²) in [6.07, 6.45) is 2.80. The van der Waals surface area contributed by atoms with E-state index in [1.807, 2.05) is 0 Å². The van der Waals surface area contributed by atoms with Gasteiger partial charge in [0.05, 0.1) is 40.9 Å². The fraction of sp³-hybridized carbons (Fsp3) is 0.167. The third kappa shape index (κ3) is 6.38. The van der Waals surface area contributed by atoms with E-state index < -0.39 is 11.8 Å². The van der Waals surface area contributed by atoms with Gasteiger partial charge < -0.3 is 23.4 Å². The molecule has 0 aliphatic heterocycles. The van der Waals surface area contributed by atoms with E-state index in [0.29, 0.717) is 34.1 Å². The second-order valence-corrected chi connectivity index (χ2v) is 6.78. The van der Waals surface area contributed by atoms with Gasteiger partial charge in [-0.1, -0.05) is 0 Å². The number of benzene rings is 2. The molecule has 2 amide bonds. The molecule has 0 aliphatic rings. The number of ether oxygens (including phenoxy) is 4. The molecule has 1 aromatic heterocycles. The molecule has 2 aromatic carbocycles. The van der Waals surface area contributed by atoms with Gasteiger partial charge in [-0.15, -0.1) is 0 Å². The van der Waals surface area contributed by atoms with Gasteiger partial charge in [-0.2, -0.15) is 10.2 Å². The number of furan rings is 1. The van der Waals surface area contributed by atoms with Crippen LogP contribution in [0.3, 0.4) is 0 Å². The lowest BCUT2D eigenvalue weighted by Crippen LogP contribution is -2.18. The van der Waals surface area contributed by atoms with Crippen LogP contribution < -0.4 is 29.8 Å². The van der Waals surface area contributed by atoms with Crippen molar-refractivity contribution in [2.75, 3.05) is 28.4 Å². The van der Waals surface area contributed by atoms with Crippen molar-refractivity contribution in [2.45, 2.75) is 0 Å². The van der Waals surface area contributed by atoms with Crippen LogP contribution in [0.4, 0.5) is 0 Å². The topological polar surface area (TPSA) is 133 Å². The van der Waals surface area contributed by atoms with Crippen LogP contribution in [0.25, 0.3) is 0 Å². The zero-order valence-corrected chi connectivity index (χ0v) is 19.5. The third-order valence-electron chi connectivity index (χ3n) is 4.67. The van der Waals surface area contributed by atoms with E-state index in [1.54, 1.807) is 36.4 Å². The number of rotatable bonds is 10. The van der Waals surface area contributed by atoms with Crippen LogP contribution in [0.2, 0.25) is 0 Å². The fourth-order valence-corrected chi connectivity index (χ4v) is 2.89. The average molecular weight is 480 g/mol. The van der Waals surface area contributed by atoms with Crippen LogP contribution in [0, 0.1) is 0 Å². The molecular formula is C24H24N4O7. The first-order valence-corrected chi connectivity index (χ1v) is 10.2. The summed E-state index contributed by atoms with van der Waals surface area (Å²) < 4.78 is 26.2. The van der Waals surface area contributed by atoms with Crippen molar-refractivity contribution >= 4 is 24.2 Å². The number of hydrogen-bond acceptors (Lipinski definition) is 9. The summed E-state index contributed by atoms with van der Waals surface area (Å²) in [6, 6.07) is 13.0. The minimum Gasteiger partial charge on any atom is -0.497 e. The lowest BCUT2D eigenvalue weighted by atomic mass is 10.2. The van der Waals surface area contributed by atoms with Crippen molar-refractivity contribution in [3.05, 3.63) is 71.2 Å². The third-order valence-corrected chi connectivity index (χ3v) is 4.67. The Labute approximate surface area is 201 Å². The van der Waals surface area contributed by atoms with Crippen LogP contribution in [-0.2, 0) is 0 Å². The monoisotopic (exact) mass is 480 g/mol. The molecule has 0 fully saturated rings. The zero-order chi connectivity index (χ0) is 25.2. The molecule has 2 N–H and O–H groups in total. The Kier molecular flexibility index (Phi) is 8.43. The summed E-state index contributed by atoms with van der Waals surface area (Å²) in [7, 11) is 6.11. The van der Waals surface area contributed by atoms with Gasteiger partial charge in [0.15, 0.2) is 11.5 Å². The summed E-state index contributed by atoms with van der Waals surface area (Å²) in [5, 5.41) is 7.81. The number of carbonyl (C=O) groups is 2. The quantitative estimate of drug-likeness (QED) is 0.337. The van der Waals surface area contributed by atoms with Crippen molar-refractivity contribution in [3.8, 4) is 23.0 Å². The van der Waals surface area contributed by atoms with Gasteiger partial charge in [-0.3, -0.25) is 9.59 Å². The summed E-state index contributed by atoms with van der Waals surface area (Å²) in [5.74, 6) is 0.798. The Balaban J connectivity index is 1.61. The molecule has 0 saturated heterocycles.